The number of hydrogen-bond donors (Lipinski definition) is 1. The summed E-state index contributed by atoms with van der Waals surface area (Å²) in [6, 6.07) is 17.7. The molecular weight excluding hydrogens is 450 g/mol. The van der Waals surface area contributed by atoms with Crippen molar-refractivity contribution in [3.05, 3.63) is 87.3 Å². The standard InChI is InChI=1S/C26H28ClN5O2/c27-25-23(17-28-32(26(25)34)20-9-2-1-3-10-20)31-15-13-30(14-16-31)18-24(33)29-22-12-6-8-19-7-4-5-11-21(19)22/h1-5,7,9-11,17,22H,6,8,12-16,18H2,(H,29,33)/t22-/m0/s1. The van der Waals surface area contributed by atoms with E-state index in [9.17, 15) is 9.59 Å². The van der Waals surface area contributed by atoms with Crippen molar-refractivity contribution in [1.82, 2.24) is 20.0 Å². The van der Waals surface area contributed by atoms with E-state index < -0.39 is 0 Å². The fourth-order valence-corrected chi connectivity index (χ4v) is 5.14. The fourth-order valence-electron chi connectivity index (χ4n) is 4.89. The van der Waals surface area contributed by atoms with Gasteiger partial charge in [0, 0.05) is 26.2 Å². The van der Waals surface area contributed by atoms with Gasteiger partial charge in [0.2, 0.25) is 5.91 Å². The lowest BCUT2D eigenvalue weighted by molar-refractivity contribution is -0.123. The Bertz CT molecular complexity index is 1220. The van der Waals surface area contributed by atoms with Gasteiger partial charge in [-0.1, -0.05) is 54.1 Å². The summed E-state index contributed by atoms with van der Waals surface area (Å²) in [5, 5.41) is 7.74. The van der Waals surface area contributed by atoms with Crippen molar-refractivity contribution in [3.8, 4) is 5.69 Å². The number of halogens is 1. The molecule has 2 aliphatic rings. The molecule has 0 radical (unpaired) electrons. The molecule has 1 aliphatic carbocycles. The summed E-state index contributed by atoms with van der Waals surface area (Å²) in [6.07, 6.45) is 4.81. The predicted molar refractivity (Wildman–Crippen MR) is 134 cm³/mol. The summed E-state index contributed by atoms with van der Waals surface area (Å²) in [5.41, 5.74) is 3.57. The summed E-state index contributed by atoms with van der Waals surface area (Å²) < 4.78 is 1.32. The Labute approximate surface area is 203 Å². The van der Waals surface area contributed by atoms with Gasteiger partial charge in [-0.3, -0.25) is 14.5 Å². The first-order valence-electron chi connectivity index (χ1n) is 11.8. The van der Waals surface area contributed by atoms with E-state index in [1.54, 1.807) is 6.20 Å². The minimum Gasteiger partial charge on any atom is -0.366 e. The molecule has 1 aromatic heterocycles. The molecule has 1 amide bonds. The SMILES string of the molecule is O=C(CN1CCN(c2cnn(-c3ccccc3)c(=O)c2Cl)CC1)N[C@H]1CCCc2ccccc21. The Kier molecular flexibility index (Phi) is 6.65. The van der Waals surface area contributed by atoms with Gasteiger partial charge in [0.1, 0.15) is 5.02 Å². The Morgan fingerprint density at radius 2 is 1.76 bits per heavy atom. The molecule has 7 nitrogen and oxygen atoms in total. The molecule has 176 valence electrons. The monoisotopic (exact) mass is 477 g/mol. The Morgan fingerprint density at radius 3 is 2.56 bits per heavy atom. The van der Waals surface area contributed by atoms with E-state index in [1.807, 2.05) is 36.4 Å². The van der Waals surface area contributed by atoms with Crippen LogP contribution < -0.4 is 15.8 Å². The highest BCUT2D eigenvalue weighted by molar-refractivity contribution is 6.33. The predicted octanol–water partition coefficient (Wildman–Crippen LogP) is 3.20. The maximum Gasteiger partial charge on any atom is 0.292 e. The molecule has 1 aliphatic heterocycles. The largest absolute Gasteiger partial charge is 0.366 e. The van der Waals surface area contributed by atoms with E-state index in [2.05, 4.69) is 38.4 Å². The van der Waals surface area contributed by atoms with Gasteiger partial charge >= 0.3 is 0 Å². The van der Waals surface area contributed by atoms with E-state index in [1.165, 1.54) is 15.8 Å². The second-order valence-corrected chi connectivity index (χ2v) is 9.25. The molecule has 2 aromatic carbocycles. The molecule has 0 unspecified atom stereocenters. The van der Waals surface area contributed by atoms with Crippen molar-refractivity contribution in [1.29, 1.82) is 0 Å². The number of nitrogens with one attached hydrogen (secondary N) is 1. The van der Waals surface area contributed by atoms with Gasteiger partial charge in [-0.25, -0.2) is 0 Å². The average molecular weight is 478 g/mol. The molecule has 8 heteroatoms. The molecular formula is C26H28ClN5O2. The molecule has 5 rings (SSSR count). The normalized spacial score (nSPS) is 18.4. The maximum atomic E-state index is 12.8. The Balaban J connectivity index is 1.18. The van der Waals surface area contributed by atoms with Gasteiger partial charge in [0.05, 0.1) is 30.2 Å². The van der Waals surface area contributed by atoms with Crippen LogP contribution >= 0.6 is 11.6 Å². The number of aryl methyl sites for hydroxylation is 1. The van der Waals surface area contributed by atoms with E-state index in [0.717, 1.165) is 19.3 Å². The van der Waals surface area contributed by atoms with E-state index in [-0.39, 0.29) is 22.5 Å². The van der Waals surface area contributed by atoms with Crippen molar-refractivity contribution < 1.29 is 4.79 Å². The van der Waals surface area contributed by atoms with Crippen LogP contribution in [-0.2, 0) is 11.2 Å². The molecule has 0 bridgehead atoms. The van der Waals surface area contributed by atoms with Crippen LogP contribution in [0.3, 0.4) is 0 Å². The van der Waals surface area contributed by atoms with Crippen LogP contribution in [0.1, 0.15) is 30.0 Å². The third kappa shape index (κ3) is 4.72. The molecule has 0 saturated carbocycles. The van der Waals surface area contributed by atoms with Gasteiger partial charge in [-0.2, -0.15) is 9.78 Å². The van der Waals surface area contributed by atoms with Crippen LogP contribution in [0.15, 0.2) is 65.6 Å². The van der Waals surface area contributed by atoms with Crippen molar-refractivity contribution in [3.63, 3.8) is 0 Å². The quantitative estimate of drug-likeness (QED) is 0.611. The summed E-state index contributed by atoms with van der Waals surface area (Å²) in [7, 11) is 0. The van der Waals surface area contributed by atoms with E-state index >= 15 is 0 Å². The first kappa shape index (κ1) is 22.6. The number of nitrogens with zero attached hydrogens (tertiary/aromatic N) is 4. The zero-order valence-electron chi connectivity index (χ0n) is 19.0. The fraction of sp³-hybridized carbons (Fsp3) is 0.346. The number of fused-ring (bicyclic) bond motifs is 1. The van der Waals surface area contributed by atoms with Crippen LogP contribution in [0.25, 0.3) is 5.69 Å². The second-order valence-electron chi connectivity index (χ2n) is 8.87. The van der Waals surface area contributed by atoms with Crippen LogP contribution in [0.2, 0.25) is 5.02 Å². The van der Waals surface area contributed by atoms with Gasteiger partial charge in [0.25, 0.3) is 5.56 Å². The maximum absolute atomic E-state index is 12.8. The molecule has 1 atom stereocenters. The van der Waals surface area contributed by atoms with E-state index in [4.69, 9.17) is 11.6 Å². The number of aromatic nitrogens is 2. The minimum absolute atomic E-state index is 0.0558. The molecule has 1 fully saturated rings. The molecule has 2 heterocycles. The number of amides is 1. The van der Waals surface area contributed by atoms with Crippen LogP contribution in [0.5, 0.6) is 0 Å². The number of carbonyl (C=O) groups is 1. The Hall–Kier alpha value is -3.16. The highest BCUT2D eigenvalue weighted by Gasteiger charge is 2.25. The molecule has 1 N–H and O–H groups in total. The lowest BCUT2D eigenvalue weighted by Crippen LogP contribution is -2.50. The first-order valence-corrected chi connectivity index (χ1v) is 12.2. The third-order valence-electron chi connectivity index (χ3n) is 6.69. The number of anilines is 1. The third-order valence-corrected chi connectivity index (χ3v) is 7.04. The number of carbonyl (C=O) groups excluding carboxylic acids is 1. The first-order chi connectivity index (χ1) is 16.6. The van der Waals surface area contributed by atoms with Gasteiger partial charge < -0.3 is 10.2 Å². The summed E-state index contributed by atoms with van der Waals surface area (Å²) in [6.45, 7) is 3.15. The number of benzene rings is 2. The summed E-state index contributed by atoms with van der Waals surface area (Å²) in [4.78, 5) is 29.8. The van der Waals surface area contributed by atoms with Crippen molar-refractivity contribution in [2.45, 2.75) is 25.3 Å². The van der Waals surface area contributed by atoms with Gasteiger partial charge in [-0.15, -0.1) is 0 Å². The van der Waals surface area contributed by atoms with Crippen molar-refractivity contribution in [2.24, 2.45) is 0 Å². The van der Waals surface area contributed by atoms with Gasteiger partial charge in [0.15, 0.2) is 0 Å². The Morgan fingerprint density at radius 1 is 1.03 bits per heavy atom. The zero-order valence-corrected chi connectivity index (χ0v) is 19.7. The van der Waals surface area contributed by atoms with Gasteiger partial charge in [-0.05, 0) is 42.5 Å². The van der Waals surface area contributed by atoms with Crippen molar-refractivity contribution >= 4 is 23.2 Å². The highest BCUT2D eigenvalue weighted by Crippen LogP contribution is 2.29. The summed E-state index contributed by atoms with van der Waals surface area (Å²) in [5.74, 6) is 0.0558. The van der Waals surface area contributed by atoms with Crippen molar-refractivity contribution in [2.75, 3.05) is 37.6 Å². The number of para-hydroxylation sites is 1. The topological polar surface area (TPSA) is 70.5 Å². The highest BCUT2D eigenvalue weighted by atomic mass is 35.5. The molecule has 3 aromatic rings. The van der Waals surface area contributed by atoms with Crippen LogP contribution in [0, 0.1) is 0 Å². The smallest absolute Gasteiger partial charge is 0.292 e. The molecule has 0 spiro atoms. The van der Waals surface area contributed by atoms with Crippen LogP contribution in [0.4, 0.5) is 5.69 Å². The lowest BCUT2D eigenvalue weighted by atomic mass is 9.88. The summed E-state index contributed by atoms with van der Waals surface area (Å²) >= 11 is 6.46. The molecule has 34 heavy (non-hydrogen) atoms. The average Bonchev–Trinajstić information content (AvgIpc) is 2.87. The number of rotatable bonds is 5. The molecule has 1 saturated heterocycles. The zero-order chi connectivity index (χ0) is 23.5. The number of piperazine rings is 1. The number of hydrogen-bond acceptors (Lipinski definition) is 5. The second kappa shape index (κ2) is 9.99. The minimum atomic E-state index is -0.333. The lowest BCUT2D eigenvalue weighted by Gasteiger charge is -2.36. The van der Waals surface area contributed by atoms with E-state index in [0.29, 0.717) is 44.1 Å². The van der Waals surface area contributed by atoms with Crippen LogP contribution in [-0.4, -0.2) is 53.3 Å².